The van der Waals surface area contributed by atoms with Crippen molar-refractivity contribution in [1.29, 1.82) is 0 Å². The lowest BCUT2D eigenvalue weighted by atomic mass is 10.2. The minimum absolute atomic E-state index is 0. The highest BCUT2D eigenvalue weighted by molar-refractivity contribution is 6.05. The van der Waals surface area contributed by atoms with Crippen molar-refractivity contribution in [2.45, 2.75) is 13.0 Å². The predicted molar refractivity (Wildman–Crippen MR) is 103 cm³/mol. The molecule has 2 aromatic rings. The molecular weight excluding hydrogens is 354 g/mol. The molecule has 1 aliphatic rings. The summed E-state index contributed by atoms with van der Waals surface area (Å²) < 4.78 is 4.69. The molecule has 0 unspecified atom stereocenters. The van der Waals surface area contributed by atoms with Crippen LogP contribution in [0, 0.1) is 0 Å². The Bertz CT molecular complexity index is 791. The third-order valence-electron chi connectivity index (χ3n) is 3.89. The molecule has 0 bridgehead atoms. The lowest BCUT2D eigenvalue weighted by molar-refractivity contribution is -0.128. The van der Waals surface area contributed by atoms with Crippen LogP contribution in [-0.2, 0) is 16.1 Å². The summed E-state index contributed by atoms with van der Waals surface area (Å²) in [6, 6.07) is 16.6. The summed E-state index contributed by atoms with van der Waals surface area (Å²) >= 11 is 0. The highest BCUT2D eigenvalue weighted by Crippen LogP contribution is 2.15. The number of ether oxygens (including phenoxy) is 1. The van der Waals surface area contributed by atoms with Gasteiger partial charge in [-0.1, -0.05) is 30.3 Å². The average Bonchev–Trinajstić information content (AvgIpc) is 2.65. The Balaban J connectivity index is 0.00000243. The van der Waals surface area contributed by atoms with Gasteiger partial charge in [-0.3, -0.25) is 14.7 Å². The second-order valence-electron chi connectivity index (χ2n) is 5.61. The summed E-state index contributed by atoms with van der Waals surface area (Å²) in [5, 5.41) is 3.17. The summed E-state index contributed by atoms with van der Waals surface area (Å²) in [4.78, 5) is 29.9. The highest BCUT2D eigenvalue weighted by atomic mass is 35.5. The molecule has 0 atom stereocenters. The number of aliphatic imine (C=N–C) groups is 1. The minimum Gasteiger partial charge on any atom is -0.465 e. The predicted octanol–water partition coefficient (Wildman–Crippen LogP) is 3.10. The van der Waals surface area contributed by atoms with E-state index in [1.807, 2.05) is 30.3 Å². The number of hydrogen-bond acceptors (Lipinski definition) is 5. The van der Waals surface area contributed by atoms with E-state index < -0.39 is 0 Å². The largest absolute Gasteiger partial charge is 0.465 e. The number of carbonyl (C=O) groups excluding carboxylic acids is 2. The number of carbonyl (C=O) groups is 2. The fraction of sp³-hybridized carbons (Fsp3) is 0.211. The van der Waals surface area contributed by atoms with Crippen molar-refractivity contribution in [1.82, 2.24) is 4.90 Å². The van der Waals surface area contributed by atoms with E-state index in [9.17, 15) is 9.59 Å². The molecule has 3 rings (SSSR count). The van der Waals surface area contributed by atoms with E-state index in [-0.39, 0.29) is 24.3 Å². The Labute approximate surface area is 158 Å². The van der Waals surface area contributed by atoms with Crippen LogP contribution >= 0.6 is 12.4 Å². The topological polar surface area (TPSA) is 71.0 Å². The van der Waals surface area contributed by atoms with Crippen molar-refractivity contribution in [3.05, 3.63) is 65.7 Å². The number of hydrogen-bond donors (Lipinski definition) is 1. The molecule has 1 N–H and O–H groups in total. The summed E-state index contributed by atoms with van der Waals surface area (Å²) in [7, 11) is 1.35. The van der Waals surface area contributed by atoms with Gasteiger partial charge in [-0.15, -0.1) is 12.4 Å². The van der Waals surface area contributed by atoms with E-state index in [4.69, 9.17) is 0 Å². The molecule has 0 fully saturated rings. The van der Waals surface area contributed by atoms with Gasteiger partial charge in [-0.05, 0) is 29.8 Å². The Morgan fingerprint density at radius 1 is 1.15 bits per heavy atom. The lowest BCUT2D eigenvalue weighted by Gasteiger charge is -2.28. The summed E-state index contributed by atoms with van der Waals surface area (Å²) in [5.74, 6) is 0.167. The number of rotatable bonds is 4. The first-order chi connectivity index (χ1) is 12.2. The zero-order valence-corrected chi connectivity index (χ0v) is 15.2. The molecule has 1 heterocycles. The fourth-order valence-corrected chi connectivity index (χ4v) is 2.57. The van der Waals surface area contributed by atoms with Crippen molar-refractivity contribution >= 4 is 35.9 Å². The Hall–Kier alpha value is -2.86. The molecule has 2 aromatic carbocycles. The number of benzene rings is 2. The van der Waals surface area contributed by atoms with Crippen LogP contribution in [0.2, 0.25) is 0 Å². The second-order valence-corrected chi connectivity index (χ2v) is 5.61. The van der Waals surface area contributed by atoms with Crippen LogP contribution in [0.15, 0.2) is 59.6 Å². The van der Waals surface area contributed by atoms with Crippen molar-refractivity contribution in [2.24, 2.45) is 4.99 Å². The number of nitrogens with one attached hydrogen (secondary N) is 1. The first kappa shape index (κ1) is 19.5. The van der Waals surface area contributed by atoms with Gasteiger partial charge in [0.1, 0.15) is 0 Å². The Kier molecular flexibility index (Phi) is 6.74. The van der Waals surface area contributed by atoms with Crippen molar-refractivity contribution in [3.63, 3.8) is 0 Å². The number of guanidine groups is 1. The Morgan fingerprint density at radius 3 is 2.50 bits per heavy atom. The number of esters is 1. The number of anilines is 1. The van der Waals surface area contributed by atoms with Crippen molar-refractivity contribution < 1.29 is 14.3 Å². The first-order valence-corrected chi connectivity index (χ1v) is 8.01. The molecule has 26 heavy (non-hydrogen) atoms. The summed E-state index contributed by atoms with van der Waals surface area (Å²) in [6.07, 6.45) is 0.402. The van der Waals surface area contributed by atoms with Gasteiger partial charge < -0.3 is 10.1 Å². The molecule has 1 amide bonds. The van der Waals surface area contributed by atoms with E-state index >= 15 is 0 Å². The maximum absolute atomic E-state index is 12.3. The number of amides is 1. The van der Waals surface area contributed by atoms with Crippen LogP contribution in [0.5, 0.6) is 0 Å². The standard InChI is InChI=1S/C19H19N3O3.ClH/c1-25-18(24)15-7-9-16(10-8-15)21-19-20-12-11-17(23)22(19)13-14-5-3-2-4-6-14;/h2-10H,11-13H2,1H3,(H,20,21);1H. The van der Waals surface area contributed by atoms with Gasteiger partial charge >= 0.3 is 5.97 Å². The molecule has 6 nitrogen and oxygen atoms in total. The second kappa shape index (κ2) is 9.01. The van der Waals surface area contributed by atoms with Crippen molar-refractivity contribution in [3.8, 4) is 0 Å². The van der Waals surface area contributed by atoms with Crippen LogP contribution in [0.3, 0.4) is 0 Å². The minimum atomic E-state index is -0.387. The van der Waals surface area contributed by atoms with E-state index in [0.29, 0.717) is 31.0 Å². The smallest absolute Gasteiger partial charge is 0.337 e. The van der Waals surface area contributed by atoms with Gasteiger partial charge in [-0.2, -0.15) is 0 Å². The quantitative estimate of drug-likeness (QED) is 0.836. The lowest BCUT2D eigenvalue weighted by Crippen LogP contribution is -2.43. The van der Waals surface area contributed by atoms with Gasteiger partial charge in [0.05, 0.1) is 25.8 Å². The molecule has 0 aliphatic carbocycles. The van der Waals surface area contributed by atoms with E-state index in [2.05, 4.69) is 15.0 Å². The number of methoxy groups -OCH3 is 1. The average molecular weight is 374 g/mol. The van der Waals surface area contributed by atoms with Gasteiger partial charge in [0.15, 0.2) is 0 Å². The summed E-state index contributed by atoms with van der Waals surface area (Å²) in [5.41, 5.74) is 2.25. The SMILES string of the molecule is COC(=O)c1ccc(NC2=NCCC(=O)N2Cc2ccccc2)cc1.Cl. The maximum Gasteiger partial charge on any atom is 0.337 e. The Morgan fingerprint density at radius 2 is 1.85 bits per heavy atom. The normalized spacial score (nSPS) is 13.5. The highest BCUT2D eigenvalue weighted by Gasteiger charge is 2.23. The monoisotopic (exact) mass is 373 g/mol. The van der Waals surface area contributed by atoms with Gasteiger partial charge in [0.2, 0.25) is 11.9 Å². The molecule has 0 radical (unpaired) electrons. The maximum atomic E-state index is 12.3. The molecular formula is C19H20ClN3O3. The molecule has 7 heteroatoms. The molecule has 136 valence electrons. The number of nitrogens with zero attached hydrogens (tertiary/aromatic N) is 2. The zero-order valence-electron chi connectivity index (χ0n) is 14.3. The third kappa shape index (κ3) is 4.61. The van der Waals surface area contributed by atoms with Crippen LogP contribution in [0.1, 0.15) is 22.3 Å². The van der Waals surface area contributed by atoms with Crippen molar-refractivity contribution in [2.75, 3.05) is 19.0 Å². The first-order valence-electron chi connectivity index (χ1n) is 8.01. The molecule has 0 saturated carbocycles. The van der Waals surface area contributed by atoms with Gasteiger partial charge in [-0.25, -0.2) is 4.79 Å². The molecule has 1 aliphatic heterocycles. The number of halogens is 1. The third-order valence-corrected chi connectivity index (χ3v) is 3.89. The van der Waals surface area contributed by atoms with E-state index in [0.717, 1.165) is 11.3 Å². The van der Waals surface area contributed by atoms with Crippen LogP contribution in [-0.4, -0.2) is 36.4 Å². The van der Waals surface area contributed by atoms with Crippen LogP contribution in [0.25, 0.3) is 0 Å². The van der Waals surface area contributed by atoms with E-state index in [1.165, 1.54) is 7.11 Å². The molecule has 0 saturated heterocycles. The fourth-order valence-electron chi connectivity index (χ4n) is 2.57. The van der Waals surface area contributed by atoms with Gasteiger partial charge in [0.25, 0.3) is 0 Å². The zero-order chi connectivity index (χ0) is 17.6. The van der Waals surface area contributed by atoms with Gasteiger partial charge in [0, 0.05) is 12.1 Å². The van der Waals surface area contributed by atoms with Crippen LogP contribution in [0.4, 0.5) is 5.69 Å². The molecule has 0 spiro atoms. The molecule has 0 aromatic heterocycles. The van der Waals surface area contributed by atoms with Crippen LogP contribution < -0.4 is 5.32 Å². The summed E-state index contributed by atoms with van der Waals surface area (Å²) in [6.45, 7) is 0.929. The van der Waals surface area contributed by atoms with E-state index in [1.54, 1.807) is 29.2 Å².